The zero-order valence-electron chi connectivity index (χ0n) is 13.9. The molecular weight excluding hydrogens is 320 g/mol. The number of nitrogens with zero attached hydrogens (tertiary/aromatic N) is 3. The minimum atomic E-state index is -0.606. The second-order valence-corrected chi connectivity index (χ2v) is 6.36. The topological polar surface area (TPSA) is 78.5 Å². The number of carbonyl (C=O) groups excluding carboxylic acids is 2. The lowest BCUT2D eigenvalue weighted by molar-refractivity contribution is -0.149. The van der Waals surface area contributed by atoms with Crippen molar-refractivity contribution < 1.29 is 14.3 Å². The van der Waals surface area contributed by atoms with E-state index in [1.807, 2.05) is 17.0 Å². The summed E-state index contributed by atoms with van der Waals surface area (Å²) in [6, 6.07) is 9.83. The van der Waals surface area contributed by atoms with Gasteiger partial charge in [-0.3, -0.25) is 14.7 Å². The number of amides is 2. The SMILES string of the molecule is O=C(c1ccn[nH]1)N1CCO[C@H](C(=O)N2CCc3ccccc3C2)C1. The van der Waals surface area contributed by atoms with Crippen molar-refractivity contribution in [2.45, 2.75) is 19.1 Å². The van der Waals surface area contributed by atoms with Crippen LogP contribution in [0.25, 0.3) is 0 Å². The van der Waals surface area contributed by atoms with Crippen LogP contribution in [-0.4, -0.2) is 64.2 Å². The van der Waals surface area contributed by atoms with Crippen LogP contribution in [0.15, 0.2) is 36.5 Å². The van der Waals surface area contributed by atoms with Gasteiger partial charge in [0.05, 0.1) is 13.2 Å². The predicted molar refractivity (Wildman–Crippen MR) is 89.8 cm³/mol. The predicted octanol–water partition coefficient (Wildman–Crippen LogP) is 0.836. The Morgan fingerprint density at radius 3 is 2.76 bits per heavy atom. The fourth-order valence-corrected chi connectivity index (χ4v) is 3.42. The molecule has 2 amide bonds. The van der Waals surface area contributed by atoms with Crippen molar-refractivity contribution in [3.8, 4) is 0 Å². The number of carbonyl (C=O) groups is 2. The molecule has 130 valence electrons. The van der Waals surface area contributed by atoms with Gasteiger partial charge in [-0.2, -0.15) is 5.10 Å². The number of nitrogens with one attached hydrogen (secondary N) is 1. The molecule has 1 N–H and O–H groups in total. The fourth-order valence-electron chi connectivity index (χ4n) is 3.42. The van der Waals surface area contributed by atoms with E-state index in [2.05, 4.69) is 22.3 Å². The Labute approximate surface area is 145 Å². The normalized spacial score (nSPS) is 20.2. The van der Waals surface area contributed by atoms with Gasteiger partial charge in [0.2, 0.25) is 0 Å². The van der Waals surface area contributed by atoms with E-state index in [4.69, 9.17) is 4.74 Å². The molecule has 1 fully saturated rings. The van der Waals surface area contributed by atoms with Crippen LogP contribution in [-0.2, 0) is 22.5 Å². The highest BCUT2D eigenvalue weighted by Gasteiger charge is 2.33. The summed E-state index contributed by atoms with van der Waals surface area (Å²) in [6.45, 7) is 2.40. The van der Waals surface area contributed by atoms with Gasteiger partial charge in [0.25, 0.3) is 11.8 Å². The average molecular weight is 340 g/mol. The highest BCUT2D eigenvalue weighted by Crippen LogP contribution is 2.20. The van der Waals surface area contributed by atoms with Crippen LogP contribution in [0.4, 0.5) is 0 Å². The summed E-state index contributed by atoms with van der Waals surface area (Å²) in [4.78, 5) is 28.8. The molecular formula is C18H20N4O3. The second-order valence-electron chi connectivity index (χ2n) is 6.36. The van der Waals surface area contributed by atoms with Gasteiger partial charge in [0, 0.05) is 25.8 Å². The van der Waals surface area contributed by atoms with Gasteiger partial charge >= 0.3 is 0 Å². The number of H-pyrrole nitrogens is 1. The molecule has 1 atom stereocenters. The number of rotatable bonds is 2. The minimum Gasteiger partial charge on any atom is -0.365 e. The molecule has 7 heteroatoms. The van der Waals surface area contributed by atoms with E-state index in [-0.39, 0.29) is 18.4 Å². The maximum atomic E-state index is 12.9. The lowest BCUT2D eigenvalue weighted by Gasteiger charge is -2.36. The number of benzene rings is 1. The fraction of sp³-hybridized carbons (Fsp3) is 0.389. The number of ether oxygens (including phenoxy) is 1. The second kappa shape index (κ2) is 6.68. The third-order valence-corrected chi connectivity index (χ3v) is 4.80. The first-order valence-corrected chi connectivity index (χ1v) is 8.48. The van der Waals surface area contributed by atoms with Crippen molar-refractivity contribution in [1.29, 1.82) is 0 Å². The zero-order valence-corrected chi connectivity index (χ0v) is 13.9. The van der Waals surface area contributed by atoms with Gasteiger partial charge in [-0.15, -0.1) is 0 Å². The molecule has 0 radical (unpaired) electrons. The number of hydrogen-bond acceptors (Lipinski definition) is 4. The summed E-state index contributed by atoms with van der Waals surface area (Å²) in [5.74, 6) is -0.195. The molecule has 3 heterocycles. The van der Waals surface area contributed by atoms with E-state index in [1.165, 1.54) is 11.1 Å². The van der Waals surface area contributed by atoms with Crippen LogP contribution >= 0.6 is 0 Å². The summed E-state index contributed by atoms with van der Waals surface area (Å²) in [6.07, 6.45) is 1.79. The molecule has 2 aliphatic heterocycles. The van der Waals surface area contributed by atoms with Gasteiger partial charge in [-0.05, 0) is 23.6 Å². The highest BCUT2D eigenvalue weighted by atomic mass is 16.5. The third-order valence-electron chi connectivity index (χ3n) is 4.80. The summed E-state index contributed by atoms with van der Waals surface area (Å²) in [5.41, 5.74) is 2.91. The van der Waals surface area contributed by atoms with Gasteiger partial charge < -0.3 is 14.5 Å². The smallest absolute Gasteiger partial charge is 0.272 e. The first-order valence-electron chi connectivity index (χ1n) is 8.48. The number of aromatic amines is 1. The van der Waals surface area contributed by atoms with Crippen molar-refractivity contribution >= 4 is 11.8 Å². The van der Waals surface area contributed by atoms with Crippen LogP contribution in [0.2, 0.25) is 0 Å². The van der Waals surface area contributed by atoms with Crippen LogP contribution in [0.3, 0.4) is 0 Å². The molecule has 0 aliphatic carbocycles. The Balaban J connectivity index is 1.43. The minimum absolute atomic E-state index is 0.0448. The van der Waals surface area contributed by atoms with Crippen LogP contribution < -0.4 is 0 Å². The summed E-state index contributed by atoms with van der Waals surface area (Å²) in [5, 5.41) is 6.48. The molecule has 1 aromatic carbocycles. The van der Waals surface area contributed by atoms with E-state index in [9.17, 15) is 9.59 Å². The van der Waals surface area contributed by atoms with Crippen LogP contribution in [0.1, 0.15) is 21.6 Å². The van der Waals surface area contributed by atoms with E-state index in [1.54, 1.807) is 17.2 Å². The number of fused-ring (bicyclic) bond motifs is 1. The van der Waals surface area contributed by atoms with Gasteiger partial charge in [0.15, 0.2) is 6.10 Å². The Morgan fingerprint density at radius 2 is 1.96 bits per heavy atom. The molecule has 0 unspecified atom stereocenters. The molecule has 0 saturated carbocycles. The number of aromatic nitrogens is 2. The van der Waals surface area contributed by atoms with Crippen LogP contribution in [0.5, 0.6) is 0 Å². The lowest BCUT2D eigenvalue weighted by atomic mass is 9.99. The molecule has 2 aliphatic rings. The molecule has 7 nitrogen and oxygen atoms in total. The third kappa shape index (κ3) is 3.15. The van der Waals surface area contributed by atoms with Gasteiger partial charge in [-0.1, -0.05) is 24.3 Å². The number of hydrogen-bond donors (Lipinski definition) is 1. The van der Waals surface area contributed by atoms with Crippen molar-refractivity contribution in [2.24, 2.45) is 0 Å². The van der Waals surface area contributed by atoms with Gasteiger partial charge in [0.1, 0.15) is 5.69 Å². The van der Waals surface area contributed by atoms with Crippen molar-refractivity contribution in [3.05, 3.63) is 53.3 Å². The summed E-state index contributed by atoms with van der Waals surface area (Å²) < 4.78 is 5.67. The molecule has 0 bridgehead atoms. The largest absolute Gasteiger partial charge is 0.365 e. The maximum Gasteiger partial charge on any atom is 0.272 e. The molecule has 25 heavy (non-hydrogen) atoms. The monoisotopic (exact) mass is 340 g/mol. The Morgan fingerprint density at radius 1 is 1.12 bits per heavy atom. The first-order chi connectivity index (χ1) is 12.2. The molecule has 1 saturated heterocycles. The van der Waals surface area contributed by atoms with Crippen LogP contribution in [0, 0.1) is 0 Å². The number of morpholine rings is 1. The van der Waals surface area contributed by atoms with E-state index < -0.39 is 6.10 Å². The standard InChI is InChI=1S/C18H20N4O3/c23-17(15-5-7-19-20-15)22-9-10-25-16(12-22)18(24)21-8-6-13-3-1-2-4-14(13)11-21/h1-5,7,16H,6,8-12H2,(H,19,20)/t16-/m0/s1. The molecule has 0 spiro atoms. The highest BCUT2D eigenvalue weighted by molar-refractivity contribution is 5.93. The quantitative estimate of drug-likeness (QED) is 0.879. The van der Waals surface area contributed by atoms with E-state index in [0.29, 0.717) is 31.9 Å². The van der Waals surface area contributed by atoms with Crippen molar-refractivity contribution in [3.63, 3.8) is 0 Å². The Bertz CT molecular complexity index is 774. The molecule has 2 aromatic rings. The van der Waals surface area contributed by atoms with E-state index in [0.717, 1.165) is 6.42 Å². The average Bonchev–Trinajstić information content (AvgIpc) is 3.21. The Kier molecular flexibility index (Phi) is 4.23. The lowest BCUT2D eigenvalue weighted by Crippen LogP contribution is -2.53. The van der Waals surface area contributed by atoms with Crippen molar-refractivity contribution in [1.82, 2.24) is 20.0 Å². The van der Waals surface area contributed by atoms with Crippen molar-refractivity contribution in [2.75, 3.05) is 26.2 Å². The van der Waals surface area contributed by atoms with Gasteiger partial charge in [-0.25, -0.2) is 0 Å². The Hall–Kier alpha value is -2.67. The summed E-state index contributed by atoms with van der Waals surface area (Å²) in [7, 11) is 0. The molecule has 4 rings (SSSR count). The zero-order chi connectivity index (χ0) is 17.2. The first kappa shape index (κ1) is 15.8. The summed E-state index contributed by atoms with van der Waals surface area (Å²) >= 11 is 0. The molecule has 1 aromatic heterocycles. The maximum absolute atomic E-state index is 12.9. The van der Waals surface area contributed by atoms with E-state index >= 15 is 0 Å².